The molecule has 0 spiro atoms. The normalized spacial score (nSPS) is 11.3. The Morgan fingerprint density at radius 2 is 1.74 bits per heavy atom. The number of nitrogens with zero attached hydrogens (tertiary/aromatic N) is 2. The first kappa shape index (κ1) is 21.0. The molecule has 1 aromatic heterocycles. The summed E-state index contributed by atoms with van der Waals surface area (Å²) in [6.07, 6.45) is 3.63. The first-order valence-corrected chi connectivity index (χ1v) is 10.7. The zero-order valence-electron chi connectivity index (χ0n) is 16.7. The smallest absolute Gasteiger partial charge is 0.262 e. The summed E-state index contributed by atoms with van der Waals surface area (Å²) in [6.45, 7) is 9.69. The van der Waals surface area contributed by atoms with Crippen LogP contribution in [0.4, 0.5) is 11.5 Å². The van der Waals surface area contributed by atoms with Gasteiger partial charge in [0.2, 0.25) is 0 Å². The SMILES string of the molecule is CCCN(CCC)c1ccc(NS(=O)(=O)c2cc(C)c(OC)cc2C)cn1. The molecule has 2 rings (SSSR count). The molecule has 6 nitrogen and oxygen atoms in total. The van der Waals surface area contributed by atoms with Crippen LogP contribution in [-0.2, 0) is 10.0 Å². The van der Waals surface area contributed by atoms with Gasteiger partial charge < -0.3 is 9.64 Å². The lowest BCUT2D eigenvalue weighted by molar-refractivity contribution is 0.411. The lowest BCUT2D eigenvalue weighted by atomic mass is 10.1. The monoisotopic (exact) mass is 391 g/mol. The van der Waals surface area contributed by atoms with E-state index in [0.29, 0.717) is 17.0 Å². The van der Waals surface area contributed by atoms with E-state index in [1.54, 1.807) is 38.4 Å². The minimum Gasteiger partial charge on any atom is -0.496 e. The van der Waals surface area contributed by atoms with Crippen molar-refractivity contribution in [3.8, 4) is 5.75 Å². The van der Waals surface area contributed by atoms with Gasteiger partial charge in [-0.15, -0.1) is 0 Å². The van der Waals surface area contributed by atoms with E-state index in [0.717, 1.165) is 37.3 Å². The summed E-state index contributed by atoms with van der Waals surface area (Å²) in [4.78, 5) is 6.88. The molecule has 0 aliphatic heterocycles. The van der Waals surface area contributed by atoms with Crippen molar-refractivity contribution in [2.45, 2.75) is 45.4 Å². The number of sulfonamides is 1. The van der Waals surface area contributed by atoms with Crippen LogP contribution < -0.4 is 14.4 Å². The van der Waals surface area contributed by atoms with Crippen LogP contribution >= 0.6 is 0 Å². The summed E-state index contributed by atoms with van der Waals surface area (Å²) in [5.74, 6) is 1.53. The number of ether oxygens (including phenoxy) is 1. The number of rotatable bonds is 9. The number of pyridine rings is 1. The Kier molecular flexibility index (Phi) is 7.07. The van der Waals surface area contributed by atoms with Gasteiger partial charge >= 0.3 is 0 Å². The third-order valence-corrected chi connectivity index (χ3v) is 5.82. The van der Waals surface area contributed by atoms with E-state index in [1.165, 1.54) is 0 Å². The van der Waals surface area contributed by atoms with Crippen LogP contribution in [0.1, 0.15) is 37.8 Å². The number of benzene rings is 1. The first-order chi connectivity index (χ1) is 12.8. The fourth-order valence-electron chi connectivity index (χ4n) is 3.00. The Labute approximate surface area is 162 Å². The Balaban J connectivity index is 2.24. The van der Waals surface area contributed by atoms with Crippen molar-refractivity contribution in [2.75, 3.05) is 29.8 Å². The maximum absolute atomic E-state index is 12.8. The Hall–Kier alpha value is -2.28. The van der Waals surface area contributed by atoms with Gasteiger partial charge in [0.1, 0.15) is 11.6 Å². The van der Waals surface area contributed by atoms with Gasteiger partial charge in [-0.2, -0.15) is 0 Å². The highest BCUT2D eigenvalue weighted by molar-refractivity contribution is 7.92. The summed E-state index contributed by atoms with van der Waals surface area (Å²) in [5.41, 5.74) is 1.85. The zero-order chi connectivity index (χ0) is 20.0. The number of aryl methyl sites for hydroxylation is 2. The molecule has 0 bridgehead atoms. The number of anilines is 2. The van der Waals surface area contributed by atoms with Crippen LogP contribution in [0, 0.1) is 13.8 Å². The second-order valence-corrected chi connectivity index (χ2v) is 8.24. The van der Waals surface area contributed by atoms with Gasteiger partial charge in [-0.05, 0) is 62.1 Å². The molecule has 1 N–H and O–H groups in total. The van der Waals surface area contributed by atoms with Gasteiger partial charge in [-0.3, -0.25) is 4.72 Å². The van der Waals surface area contributed by atoms with Gasteiger partial charge in [0.25, 0.3) is 10.0 Å². The van der Waals surface area contributed by atoms with Gasteiger partial charge in [-0.25, -0.2) is 13.4 Å². The number of methoxy groups -OCH3 is 1. The highest BCUT2D eigenvalue weighted by Crippen LogP contribution is 2.27. The van der Waals surface area contributed by atoms with Gasteiger partial charge in [0.15, 0.2) is 0 Å². The van der Waals surface area contributed by atoms with Crippen molar-refractivity contribution in [3.05, 3.63) is 41.6 Å². The quantitative estimate of drug-likeness (QED) is 0.696. The molecular formula is C20H29N3O3S. The Morgan fingerprint density at radius 3 is 2.26 bits per heavy atom. The maximum Gasteiger partial charge on any atom is 0.262 e. The summed E-state index contributed by atoms with van der Waals surface area (Å²) in [5, 5.41) is 0. The van der Waals surface area contributed by atoms with Gasteiger partial charge in [-0.1, -0.05) is 13.8 Å². The fourth-order valence-corrected chi connectivity index (χ4v) is 4.35. The lowest BCUT2D eigenvalue weighted by Crippen LogP contribution is -2.25. The van der Waals surface area contributed by atoms with Crippen molar-refractivity contribution < 1.29 is 13.2 Å². The van der Waals surface area contributed by atoms with E-state index in [-0.39, 0.29) is 4.90 Å². The van der Waals surface area contributed by atoms with E-state index < -0.39 is 10.0 Å². The molecule has 0 atom stereocenters. The topological polar surface area (TPSA) is 71.5 Å². The summed E-state index contributed by atoms with van der Waals surface area (Å²) >= 11 is 0. The summed E-state index contributed by atoms with van der Waals surface area (Å²) in [7, 11) is -2.13. The third kappa shape index (κ3) is 5.13. The molecule has 1 heterocycles. The average Bonchev–Trinajstić information content (AvgIpc) is 2.63. The minimum atomic E-state index is -3.70. The molecule has 0 radical (unpaired) electrons. The molecule has 0 unspecified atom stereocenters. The van der Waals surface area contributed by atoms with Crippen LogP contribution in [-0.4, -0.2) is 33.6 Å². The second kappa shape index (κ2) is 9.08. The van der Waals surface area contributed by atoms with Crippen LogP contribution in [0.25, 0.3) is 0 Å². The zero-order valence-corrected chi connectivity index (χ0v) is 17.6. The molecule has 1 aromatic carbocycles. The van der Waals surface area contributed by atoms with Crippen molar-refractivity contribution in [3.63, 3.8) is 0 Å². The molecule has 0 fully saturated rings. The predicted molar refractivity (Wildman–Crippen MR) is 110 cm³/mol. The third-order valence-electron chi connectivity index (χ3n) is 4.29. The Bertz CT molecular complexity index is 859. The number of aromatic nitrogens is 1. The first-order valence-electron chi connectivity index (χ1n) is 9.21. The molecule has 0 aliphatic rings. The van der Waals surface area contributed by atoms with Crippen LogP contribution in [0.2, 0.25) is 0 Å². The molecule has 148 valence electrons. The second-order valence-electron chi connectivity index (χ2n) is 6.58. The van der Waals surface area contributed by atoms with E-state index >= 15 is 0 Å². The molecule has 0 saturated carbocycles. The fraction of sp³-hybridized carbons (Fsp3) is 0.450. The average molecular weight is 392 g/mol. The van der Waals surface area contributed by atoms with E-state index in [4.69, 9.17) is 4.74 Å². The summed E-state index contributed by atoms with van der Waals surface area (Å²) < 4.78 is 33.5. The maximum atomic E-state index is 12.8. The van der Waals surface area contributed by atoms with E-state index in [1.807, 2.05) is 13.0 Å². The molecule has 0 saturated heterocycles. The van der Waals surface area contributed by atoms with E-state index in [2.05, 4.69) is 28.5 Å². The number of hydrogen-bond donors (Lipinski definition) is 1. The molecule has 0 aliphatic carbocycles. The van der Waals surface area contributed by atoms with E-state index in [9.17, 15) is 8.42 Å². The lowest BCUT2D eigenvalue weighted by Gasteiger charge is -2.22. The highest BCUT2D eigenvalue weighted by Gasteiger charge is 2.19. The predicted octanol–water partition coefficient (Wildman–Crippen LogP) is 4.13. The van der Waals surface area contributed by atoms with Crippen molar-refractivity contribution in [1.29, 1.82) is 0 Å². The van der Waals surface area contributed by atoms with Gasteiger partial charge in [0, 0.05) is 13.1 Å². The van der Waals surface area contributed by atoms with Crippen LogP contribution in [0.3, 0.4) is 0 Å². The molecule has 7 heteroatoms. The number of hydrogen-bond acceptors (Lipinski definition) is 5. The molecular weight excluding hydrogens is 362 g/mol. The molecule has 0 amide bonds. The van der Waals surface area contributed by atoms with Gasteiger partial charge in [0.05, 0.1) is 23.9 Å². The van der Waals surface area contributed by atoms with Crippen molar-refractivity contribution in [1.82, 2.24) is 4.98 Å². The molecule has 27 heavy (non-hydrogen) atoms. The van der Waals surface area contributed by atoms with Crippen LogP contribution in [0.15, 0.2) is 35.4 Å². The highest BCUT2D eigenvalue weighted by atomic mass is 32.2. The van der Waals surface area contributed by atoms with Crippen LogP contribution in [0.5, 0.6) is 5.75 Å². The minimum absolute atomic E-state index is 0.239. The standard InChI is InChI=1S/C20H29N3O3S/c1-6-10-23(11-7-2)20-9-8-17(14-21-20)22-27(24,25)19-13-15(3)18(26-5)12-16(19)4/h8-9,12-14,22H,6-7,10-11H2,1-5H3. The van der Waals surface area contributed by atoms with Crippen molar-refractivity contribution >= 4 is 21.5 Å². The van der Waals surface area contributed by atoms with Crippen molar-refractivity contribution in [2.24, 2.45) is 0 Å². The number of nitrogens with one attached hydrogen (secondary N) is 1. The summed E-state index contributed by atoms with van der Waals surface area (Å²) in [6, 6.07) is 6.97. The Morgan fingerprint density at radius 1 is 1.07 bits per heavy atom. The molecule has 2 aromatic rings. The largest absolute Gasteiger partial charge is 0.496 e.